The number of aryl methyl sites for hydroxylation is 1. The number of hydrogen-bond acceptors (Lipinski definition) is 7. The normalized spacial score (nSPS) is 19.8. The van der Waals surface area contributed by atoms with Gasteiger partial charge in [0.1, 0.15) is 16.2 Å². The fraction of sp³-hybridized carbons (Fsp3) is 0.333. The third-order valence-electron chi connectivity index (χ3n) is 8.19. The Labute approximate surface area is 271 Å². The Morgan fingerprint density at radius 3 is 2.02 bits per heavy atom. The Balaban J connectivity index is 1.61. The lowest BCUT2D eigenvalue weighted by molar-refractivity contribution is -0.140. The summed E-state index contributed by atoms with van der Waals surface area (Å²) in [6, 6.07) is 17.7. The molecule has 3 aromatic carbocycles. The number of anilines is 1. The molecule has 2 fully saturated rings. The maximum absolute atomic E-state index is 14.8. The van der Waals surface area contributed by atoms with Crippen LogP contribution in [-0.4, -0.2) is 83.6 Å². The molecule has 236 valence electrons. The van der Waals surface area contributed by atoms with E-state index >= 15 is 0 Å². The highest BCUT2D eigenvalue weighted by Crippen LogP contribution is 2.54. The number of benzene rings is 3. The van der Waals surface area contributed by atoms with Crippen molar-refractivity contribution in [2.24, 2.45) is 0 Å². The van der Waals surface area contributed by atoms with E-state index in [1.165, 1.54) is 18.7 Å². The molecule has 1 N–H and O–H groups in total. The predicted molar refractivity (Wildman–Crippen MR) is 173 cm³/mol. The third kappa shape index (κ3) is 6.60. The Morgan fingerprint density at radius 2 is 1.47 bits per heavy atom. The number of carbonyl (C=O) groups excluding carboxylic acids is 4. The minimum Gasteiger partial charge on any atom is -0.497 e. The second-order valence-electron chi connectivity index (χ2n) is 11.0. The second kappa shape index (κ2) is 13.4. The smallest absolute Gasteiger partial charge is 0.329 e. The van der Waals surface area contributed by atoms with Crippen LogP contribution in [0, 0.1) is 6.92 Å². The number of piperazine rings is 1. The molecular weight excluding hydrogens is 616 g/mol. The summed E-state index contributed by atoms with van der Waals surface area (Å²) in [7, 11) is 3.12. The predicted octanol–water partition coefficient (Wildman–Crippen LogP) is 5.39. The number of carbonyl (C=O) groups is 4. The Morgan fingerprint density at radius 1 is 0.889 bits per heavy atom. The van der Waals surface area contributed by atoms with E-state index in [0.29, 0.717) is 54.0 Å². The van der Waals surface area contributed by atoms with E-state index < -0.39 is 22.7 Å². The van der Waals surface area contributed by atoms with Crippen LogP contribution in [0.4, 0.5) is 10.5 Å². The van der Waals surface area contributed by atoms with E-state index in [4.69, 9.17) is 21.1 Å². The lowest BCUT2D eigenvalue weighted by atomic mass is 9.90. The highest BCUT2D eigenvalue weighted by molar-refractivity contribution is 8.01. The molecule has 12 heteroatoms. The minimum absolute atomic E-state index is 0.0596. The van der Waals surface area contributed by atoms with Crippen LogP contribution in [-0.2, 0) is 14.4 Å². The van der Waals surface area contributed by atoms with Gasteiger partial charge in [-0.05, 0) is 66.6 Å². The quantitative estimate of drug-likeness (QED) is 0.365. The lowest BCUT2D eigenvalue weighted by Gasteiger charge is -2.42. The Bertz CT molecular complexity index is 1590. The molecule has 3 aromatic rings. The molecule has 2 aliphatic rings. The Kier molecular flexibility index (Phi) is 9.59. The van der Waals surface area contributed by atoms with Crippen molar-refractivity contribution >= 4 is 52.8 Å². The van der Waals surface area contributed by atoms with Crippen molar-refractivity contribution < 1.29 is 28.7 Å². The topological polar surface area (TPSA) is 108 Å². The molecule has 2 saturated heterocycles. The minimum atomic E-state index is -1.43. The molecule has 0 radical (unpaired) electrons. The Hall–Kier alpha value is -4.22. The first-order valence-corrected chi connectivity index (χ1v) is 15.7. The van der Waals surface area contributed by atoms with Crippen LogP contribution in [0.25, 0.3) is 0 Å². The van der Waals surface area contributed by atoms with Gasteiger partial charge in [-0.25, -0.2) is 4.79 Å². The monoisotopic (exact) mass is 650 g/mol. The van der Waals surface area contributed by atoms with Crippen molar-refractivity contribution in [1.82, 2.24) is 14.7 Å². The molecule has 0 aliphatic carbocycles. The molecule has 5 amide bonds. The van der Waals surface area contributed by atoms with Gasteiger partial charge < -0.3 is 24.6 Å². The number of rotatable bonds is 7. The number of likely N-dealkylation sites (tertiary alicyclic amines) is 1. The van der Waals surface area contributed by atoms with Crippen molar-refractivity contribution in [2.45, 2.75) is 36.0 Å². The van der Waals surface area contributed by atoms with Crippen LogP contribution in [0.5, 0.6) is 11.5 Å². The van der Waals surface area contributed by atoms with E-state index in [-0.39, 0.29) is 18.2 Å². The van der Waals surface area contributed by atoms with Crippen molar-refractivity contribution in [1.29, 1.82) is 0 Å². The third-order valence-corrected chi connectivity index (χ3v) is 10.0. The van der Waals surface area contributed by atoms with Gasteiger partial charge in [-0.15, -0.1) is 11.8 Å². The van der Waals surface area contributed by atoms with Gasteiger partial charge >= 0.3 is 6.03 Å². The zero-order valence-electron chi connectivity index (χ0n) is 25.5. The molecule has 2 atom stereocenters. The summed E-state index contributed by atoms with van der Waals surface area (Å²) in [6.45, 7) is 4.73. The van der Waals surface area contributed by atoms with Gasteiger partial charge in [-0.3, -0.25) is 19.3 Å². The molecule has 0 saturated carbocycles. The fourth-order valence-corrected chi connectivity index (χ4v) is 7.36. The number of imide groups is 1. The first-order chi connectivity index (χ1) is 21.6. The lowest BCUT2D eigenvalue weighted by Crippen LogP contribution is -2.57. The van der Waals surface area contributed by atoms with Crippen molar-refractivity contribution in [2.75, 3.05) is 45.7 Å². The average molecular weight is 651 g/mol. The number of thioether (sulfide) groups is 1. The van der Waals surface area contributed by atoms with Crippen LogP contribution in [0.15, 0.2) is 71.6 Å². The van der Waals surface area contributed by atoms with Gasteiger partial charge in [0.05, 0.1) is 26.7 Å². The summed E-state index contributed by atoms with van der Waals surface area (Å²) in [4.78, 5) is 60.1. The van der Waals surface area contributed by atoms with Gasteiger partial charge in [0, 0.05) is 48.7 Å². The molecule has 2 heterocycles. The molecule has 10 nitrogen and oxygen atoms in total. The van der Waals surface area contributed by atoms with E-state index in [1.807, 2.05) is 19.1 Å². The summed E-state index contributed by atoms with van der Waals surface area (Å²) in [6.07, 6.45) is -0.228. The van der Waals surface area contributed by atoms with Crippen LogP contribution < -0.4 is 14.8 Å². The van der Waals surface area contributed by atoms with Crippen LogP contribution >= 0.6 is 23.4 Å². The standard InChI is InChI=1S/C33H35ClN4O6S/c1-21-5-8-24(19-28(21)34)35-32(42)38-29(40)20-33(45-27-13-11-26(44-4)12-14-27,30(38)23-6-9-25(43-3)10-7-23)31(41)37-17-15-36(16-18-37)22(2)39/h5-14,19,30H,15-18,20H2,1-4H3,(H,35,42)/t30-,33-/m1/s1. The summed E-state index contributed by atoms with van der Waals surface area (Å²) in [5.41, 5.74) is 1.85. The number of hydrogen-bond donors (Lipinski definition) is 1. The molecule has 45 heavy (non-hydrogen) atoms. The van der Waals surface area contributed by atoms with Gasteiger partial charge in [-0.2, -0.15) is 0 Å². The van der Waals surface area contributed by atoms with Crippen molar-refractivity contribution in [3.63, 3.8) is 0 Å². The number of amides is 5. The number of nitrogens with one attached hydrogen (secondary N) is 1. The van der Waals surface area contributed by atoms with Gasteiger partial charge in [-0.1, -0.05) is 29.8 Å². The first-order valence-electron chi connectivity index (χ1n) is 14.5. The highest BCUT2D eigenvalue weighted by Gasteiger charge is 2.61. The molecule has 2 aliphatic heterocycles. The van der Waals surface area contributed by atoms with Gasteiger partial charge in [0.2, 0.25) is 17.7 Å². The molecule has 0 aromatic heterocycles. The molecule has 0 spiro atoms. The number of halogens is 1. The maximum atomic E-state index is 14.8. The number of urea groups is 1. The maximum Gasteiger partial charge on any atom is 0.329 e. The SMILES string of the molecule is COc1ccc(S[C@]2(C(=O)N3CCN(C(C)=O)CC3)CC(=O)N(C(=O)Nc3ccc(C)c(Cl)c3)[C@@H]2c2ccc(OC)cc2)cc1. The van der Waals surface area contributed by atoms with E-state index in [1.54, 1.807) is 78.6 Å². The first kappa shape index (κ1) is 32.2. The van der Waals surface area contributed by atoms with Crippen LogP contribution in [0.1, 0.15) is 30.5 Å². The van der Waals surface area contributed by atoms with Gasteiger partial charge in [0.25, 0.3) is 0 Å². The molecule has 0 unspecified atom stereocenters. The van der Waals surface area contributed by atoms with E-state index in [0.717, 1.165) is 15.4 Å². The zero-order chi connectivity index (χ0) is 32.3. The number of methoxy groups -OCH3 is 2. The van der Waals surface area contributed by atoms with Gasteiger partial charge in [0.15, 0.2) is 0 Å². The zero-order valence-corrected chi connectivity index (χ0v) is 27.1. The average Bonchev–Trinajstić information content (AvgIpc) is 3.35. The van der Waals surface area contributed by atoms with Crippen LogP contribution in [0.3, 0.4) is 0 Å². The largest absolute Gasteiger partial charge is 0.497 e. The molecule has 5 rings (SSSR count). The van der Waals surface area contributed by atoms with E-state index in [9.17, 15) is 19.2 Å². The number of ether oxygens (including phenoxy) is 2. The molecule has 0 bridgehead atoms. The highest BCUT2D eigenvalue weighted by atomic mass is 35.5. The van der Waals surface area contributed by atoms with Crippen LogP contribution in [0.2, 0.25) is 5.02 Å². The summed E-state index contributed by atoms with van der Waals surface area (Å²) in [5.74, 6) is 0.397. The summed E-state index contributed by atoms with van der Waals surface area (Å²) in [5, 5.41) is 3.29. The second-order valence-corrected chi connectivity index (χ2v) is 12.8. The van der Waals surface area contributed by atoms with E-state index in [2.05, 4.69) is 5.32 Å². The molecular formula is C33H35ClN4O6S. The number of nitrogens with zero attached hydrogens (tertiary/aromatic N) is 3. The fourth-order valence-electron chi connectivity index (χ4n) is 5.72. The van der Waals surface area contributed by atoms with Crippen molar-refractivity contribution in [3.05, 3.63) is 82.9 Å². The summed E-state index contributed by atoms with van der Waals surface area (Å²) >= 11 is 7.58. The van der Waals surface area contributed by atoms with Crippen molar-refractivity contribution in [3.8, 4) is 11.5 Å². The summed E-state index contributed by atoms with van der Waals surface area (Å²) < 4.78 is 9.28.